The van der Waals surface area contributed by atoms with Gasteiger partial charge in [-0.2, -0.15) is 0 Å². The number of rotatable bonds is 2. The quantitative estimate of drug-likeness (QED) is 0.844. The lowest BCUT2D eigenvalue weighted by atomic mass is 9.73. The fourth-order valence-corrected chi connectivity index (χ4v) is 2.95. The summed E-state index contributed by atoms with van der Waals surface area (Å²) in [7, 11) is 0. The number of pyridine rings is 1. The van der Waals surface area contributed by atoms with Gasteiger partial charge in [-0.25, -0.2) is 9.78 Å². The van der Waals surface area contributed by atoms with Crippen LogP contribution in [0.3, 0.4) is 0 Å². The van der Waals surface area contributed by atoms with Gasteiger partial charge in [-0.15, -0.1) is 0 Å². The van der Waals surface area contributed by atoms with Crippen molar-refractivity contribution in [2.24, 2.45) is 11.8 Å². The lowest BCUT2D eigenvalue weighted by Gasteiger charge is -2.46. The van der Waals surface area contributed by atoms with Gasteiger partial charge in [0.1, 0.15) is 5.15 Å². The van der Waals surface area contributed by atoms with Crippen LogP contribution in [-0.4, -0.2) is 29.0 Å². The molecule has 1 N–H and O–H groups in total. The third-order valence-electron chi connectivity index (χ3n) is 4.33. The summed E-state index contributed by atoms with van der Waals surface area (Å²) in [5.41, 5.74) is 1.67. The van der Waals surface area contributed by atoms with Crippen molar-refractivity contribution in [3.8, 4) is 0 Å². The molecule has 2 aliphatic rings. The molecular formula is C14H18ClN3O. The molecule has 4 nitrogen and oxygen atoms in total. The highest BCUT2D eigenvalue weighted by molar-refractivity contribution is 6.29. The lowest BCUT2D eigenvalue weighted by molar-refractivity contribution is 0.0569. The summed E-state index contributed by atoms with van der Waals surface area (Å²) in [6.45, 7) is 3.71. The number of aromatic nitrogens is 1. The first kappa shape index (κ1) is 12.7. The van der Waals surface area contributed by atoms with E-state index in [2.05, 4.69) is 10.3 Å². The molecule has 5 heteroatoms. The van der Waals surface area contributed by atoms with E-state index in [9.17, 15) is 4.79 Å². The second-order valence-corrected chi connectivity index (χ2v) is 6.00. The first-order chi connectivity index (χ1) is 9.13. The minimum absolute atomic E-state index is 0.0252. The van der Waals surface area contributed by atoms with Crippen LogP contribution >= 0.6 is 11.6 Å². The zero-order valence-corrected chi connectivity index (χ0v) is 11.8. The van der Waals surface area contributed by atoms with Gasteiger partial charge < -0.3 is 10.2 Å². The normalized spacial score (nSPS) is 19.8. The molecular weight excluding hydrogens is 262 g/mol. The summed E-state index contributed by atoms with van der Waals surface area (Å²) >= 11 is 5.80. The number of anilines is 1. The molecule has 3 rings (SSSR count). The average molecular weight is 280 g/mol. The van der Waals surface area contributed by atoms with Gasteiger partial charge in [-0.05, 0) is 30.4 Å². The number of carbonyl (C=O) groups excluding carboxylic acids is 1. The topological polar surface area (TPSA) is 45.2 Å². The number of amides is 2. The number of nitrogens with zero attached hydrogens (tertiary/aromatic N) is 2. The highest BCUT2D eigenvalue weighted by Gasteiger charge is 2.38. The van der Waals surface area contributed by atoms with E-state index in [1.165, 1.54) is 19.3 Å². The van der Waals surface area contributed by atoms with Crippen molar-refractivity contribution < 1.29 is 4.79 Å². The molecule has 0 bridgehead atoms. The number of carbonyl (C=O) groups is 1. The van der Waals surface area contributed by atoms with Gasteiger partial charge in [0.2, 0.25) is 0 Å². The highest BCUT2D eigenvalue weighted by Crippen LogP contribution is 2.38. The molecule has 0 radical (unpaired) electrons. The van der Waals surface area contributed by atoms with Crippen molar-refractivity contribution >= 4 is 23.3 Å². The maximum atomic E-state index is 12.1. The van der Waals surface area contributed by atoms with Crippen molar-refractivity contribution in [1.82, 2.24) is 9.88 Å². The Morgan fingerprint density at radius 2 is 2.16 bits per heavy atom. The molecule has 1 saturated heterocycles. The molecule has 0 spiro atoms. The Kier molecular flexibility index (Phi) is 3.35. The molecule has 2 fully saturated rings. The number of hydrogen-bond acceptors (Lipinski definition) is 2. The smallest absolute Gasteiger partial charge is 0.321 e. The molecule has 0 unspecified atom stereocenters. The number of halogens is 1. The van der Waals surface area contributed by atoms with Crippen LogP contribution < -0.4 is 5.32 Å². The second kappa shape index (κ2) is 5.00. The lowest BCUT2D eigenvalue weighted by Crippen LogP contribution is -2.55. The number of likely N-dealkylation sites (tertiary alicyclic amines) is 1. The summed E-state index contributed by atoms with van der Waals surface area (Å²) in [6.07, 6.45) is 5.67. The zero-order chi connectivity index (χ0) is 13.4. The Balaban J connectivity index is 1.54. The van der Waals surface area contributed by atoms with Crippen LogP contribution in [0.2, 0.25) is 5.15 Å². The minimum Gasteiger partial charge on any atom is -0.324 e. The molecule has 1 saturated carbocycles. The number of nitrogens with one attached hydrogen (secondary N) is 1. The molecule has 2 amide bonds. The van der Waals surface area contributed by atoms with Crippen molar-refractivity contribution in [3.63, 3.8) is 0 Å². The predicted octanol–water partition coefficient (Wildman–Crippen LogP) is 3.31. The van der Waals surface area contributed by atoms with Crippen LogP contribution in [0.25, 0.3) is 0 Å². The molecule has 0 aromatic carbocycles. The van der Waals surface area contributed by atoms with E-state index in [1.54, 1.807) is 12.3 Å². The SMILES string of the molecule is Cc1cc(Cl)ncc1NC(=O)N1CC(C2CCC2)C1. The van der Waals surface area contributed by atoms with E-state index in [0.717, 1.165) is 36.2 Å². The van der Waals surface area contributed by atoms with Crippen molar-refractivity contribution in [3.05, 3.63) is 23.0 Å². The van der Waals surface area contributed by atoms with E-state index in [0.29, 0.717) is 5.15 Å². The van der Waals surface area contributed by atoms with Gasteiger partial charge in [0.15, 0.2) is 0 Å². The predicted molar refractivity (Wildman–Crippen MR) is 75.4 cm³/mol. The fourth-order valence-electron chi connectivity index (χ4n) is 2.73. The Morgan fingerprint density at radius 3 is 2.74 bits per heavy atom. The Morgan fingerprint density at radius 1 is 1.42 bits per heavy atom. The number of urea groups is 1. The minimum atomic E-state index is -0.0252. The molecule has 1 aliphatic carbocycles. The Labute approximate surface area is 118 Å². The Bertz CT molecular complexity index is 495. The van der Waals surface area contributed by atoms with E-state index in [1.807, 2.05) is 11.8 Å². The second-order valence-electron chi connectivity index (χ2n) is 5.61. The van der Waals surface area contributed by atoms with Crippen LogP contribution in [0.1, 0.15) is 24.8 Å². The number of hydrogen-bond donors (Lipinski definition) is 1. The summed E-state index contributed by atoms with van der Waals surface area (Å²) < 4.78 is 0. The summed E-state index contributed by atoms with van der Waals surface area (Å²) in [4.78, 5) is 17.9. The molecule has 1 aliphatic heterocycles. The average Bonchev–Trinajstić information content (AvgIpc) is 2.23. The first-order valence-electron chi connectivity index (χ1n) is 6.81. The van der Waals surface area contributed by atoms with Crippen LogP contribution in [0.5, 0.6) is 0 Å². The number of aryl methyl sites for hydroxylation is 1. The maximum absolute atomic E-state index is 12.1. The third-order valence-corrected chi connectivity index (χ3v) is 4.54. The standard InChI is InChI=1S/C14H18ClN3O/c1-9-5-13(15)16-6-12(9)17-14(19)18-7-11(8-18)10-3-2-4-10/h5-6,10-11H,2-4,7-8H2,1H3,(H,17,19). The summed E-state index contributed by atoms with van der Waals surface area (Å²) in [5.74, 6) is 1.59. The van der Waals surface area contributed by atoms with Gasteiger partial charge in [-0.1, -0.05) is 30.9 Å². The van der Waals surface area contributed by atoms with Crippen molar-refractivity contribution in [2.75, 3.05) is 18.4 Å². The van der Waals surface area contributed by atoms with E-state index >= 15 is 0 Å². The molecule has 1 aromatic heterocycles. The van der Waals surface area contributed by atoms with Gasteiger partial charge in [0, 0.05) is 13.1 Å². The molecule has 19 heavy (non-hydrogen) atoms. The molecule has 2 heterocycles. The van der Waals surface area contributed by atoms with Crippen LogP contribution in [0.4, 0.5) is 10.5 Å². The summed E-state index contributed by atoms with van der Waals surface area (Å²) in [5, 5.41) is 3.35. The summed E-state index contributed by atoms with van der Waals surface area (Å²) in [6, 6.07) is 1.73. The van der Waals surface area contributed by atoms with Crippen molar-refractivity contribution in [1.29, 1.82) is 0 Å². The van der Waals surface area contributed by atoms with Gasteiger partial charge in [0.05, 0.1) is 11.9 Å². The highest BCUT2D eigenvalue weighted by atomic mass is 35.5. The molecule has 1 aromatic rings. The van der Waals surface area contributed by atoms with Gasteiger partial charge in [0.25, 0.3) is 0 Å². The van der Waals surface area contributed by atoms with Crippen LogP contribution in [0.15, 0.2) is 12.3 Å². The van der Waals surface area contributed by atoms with Crippen LogP contribution in [-0.2, 0) is 0 Å². The maximum Gasteiger partial charge on any atom is 0.321 e. The monoisotopic (exact) mass is 279 g/mol. The molecule has 0 atom stereocenters. The van der Waals surface area contributed by atoms with Gasteiger partial charge >= 0.3 is 6.03 Å². The third kappa shape index (κ3) is 2.54. The molecule has 102 valence electrons. The first-order valence-corrected chi connectivity index (χ1v) is 7.19. The fraction of sp³-hybridized carbons (Fsp3) is 0.571. The largest absolute Gasteiger partial charge is 0.324 e. The van der Waals surface area contributed by atoms with E-state index < -0.39 is 0 Å². The Hall–Kier alpha value is -1.29. The van der Waals surface area contributed by atoms with E-state index in [-0.39, 0.29) is 6.03 Å². The zero-order valence-electron chi connectivity index (χ0n) is 11.0. The van der Waals surface area contributed by atoms with Crippen molar-refractivity contribution in [2.45, 2.75) is 26.2 Å². The van der Waals surface area contributed by atoms with E-state index in [4.69, 9.17) is 11.6 Å². The van der Waals surface area contributed by atoms with Gasteiger partial charge in [-0.3, -0.25) is 0 Å². The van der Waals surface area contributed by atoms with Crippen LogP contribution in [0, 0.1) is 18.8 Å².